The van der Waals surface area contributed by atoms with Crippen molar-refractivity contribution in [2.45, 2.75) is 19.4 Å². The van der Waals surface area contributed by atoms with Crippen LogP contribution in [0.5, 0.6) is 0 Å². The molecule has 0 aliphatic heterocycles. The van der Waals surface area contributed by atoms with Gasteiger partial charge in [-0.3, -0.25) is 0 Å². The summed E-state index contributed by atoms with van der Waals surface area (Å²) in [6, 6.07) is 7.22. The molecule has 0 radical (unpaired) electrons. The van der Waals surface area contributed by atoms with Crippen LogP contribution in [0.4, 0.5) is 10.5 Å². The molecule has 0 aliphatic carbocycles. The molecule has 0 saturated carbocycles. The number of rotatable bonds is 5. The van der Waals surface area contributed by atoms with E-state index in [1.165, 1.54) is 0 Å². The number of carbonyl (C=O) groups is 1. The van der Waals surface area contributed by atoms with Crippen molar-refractivity contribution in [3.63, 3.8) is 0 Å². The van der Waals surface area contributed by atoms with Gasteiger partial charge >= 0.3 is 6.03 Å². The molecule has 5 heteroatoms. The molecule has 0 aliphatic rings. The van der Waals surface area contributed by atoms with E-state index in [1.54, 1.807) is 6.92 Å². The highest BCUT2D eigenvalue weighted by atomic mass is 16.3. The molecular formula is C14H23N3O2. The van der Waals surface area contributed by atoms with Crippen molar-refractivity contribution in [1.29, 1.82) is 0 Å². The molecule has 5 nitrogen and oxygen atoms in total. The Bertz CT molecular complexity index is 413. The van der Waals surface area contributed by atoms with E-state index in [4.69, 9.17) is 0 Å². The summed E-state index contributed by atoms with van der Waals surface area (Å²) in [7, 11) is 3.75. The monoisotopic (exact) mass is 265 g/mol. The highest BCUT2D eigenvalue weighted by Crippen LogP contribution is 2.08. The van der Waals surface area contributed by atoms with Crippen LogP contribution < -0.4 is 10.6 Å². The van der Waals surface area contributed by atoms with Crippen molar-refractivity contribution in [2.24, 2.45) is 0 Å². The van der Waals surface area contributed by atoms with Gasteiger partial charge in [-0.05, 0) is 40.1 Å². The van der Waals surface area contributed by atoms with Crippen LogP contribution in [0.3, 0.4) is 0 Å². The number of anilines is 1. The quantitative estimate of drug-likeness (QED) is 0.754. The Labute approximate surface area is 114 Å². The first-order valence-corrected chi connectivity index (χ1v) is 6.27. The molecular weight excluding hydrogens is 242 g/mol. The summed E-state index contributed by atoms with van der Waals surface area (Å²) < 4.78 is 0. The predicted octanol–water partition coefficient (Wildman–Crippen LogP) is 1.43. The molecule has 1 aromatic carbocycles. The van der Waals surface area contributed by atoms with E-state index in [-0.39, 0.29) is 12.6 Å². The second-order valence-electron chi connectivity index (χ2n) is 5.41. The third-order valence-electron chi connectivity index (χ3n) is 2.60. The van der Waals surface area contributed by atoms with E-state index < -0.39 is 5.60 Å². The fraction of sp³-hybridized carbons (Fsp3) is 0.500. The second-order valence-corrected chi connectivity index (χ2v) is 5.41. The van der Waals surface area contributed by atoms with E-state index in [1.807, 2.05) is 50.2 Å². The molecule has 3 N–H and O–H groups in total. The lowest BCUT2D eigenvalue weighted by Crippen LogP contribution is -2.48. The molecule has 106 valence electrons. The SMILES string of the molecule is Cc1ccc(NC(=O)NCC(C)(O)CN(C)C)cc1. The predicted molar refractivity (Wildman–Crippen MR) is 77.4 cm³/mol. The number of aliphatic hydroxyl groups is 1. The largest absolute Gasteiger partial charge is 0.387 e. The summed E-state index contributed by atoms with van der Waals surface area (Å²) in [5, 5.41) is 15.4. The third kappa shape index (κ3) is 6.22. The van der Waals surface area contributed by atoms with Gasteiger partial charge in [0, 0.05) is 18.8 Å². The van der Waals surface area contributed by atoms with E-state index >= 15 is 0 Å². The van der Waals surface area contributed by atoms with E-state index in [9.17, 15) is 9.90 Å². The summed E-state index contributed by atoms with van der Waals surface area (Å²) in [6.45, 7) is 4.36. The van der Waals surface area contributed by atoms with Gasteiger partial charge in [0.25, 0.3) is 0 Å². The van der Waals surface area contributed by atoms with Crippen LogP contribution in [0.15, 0.2) is 24.3 Å². The molecule has 1 atom stereocenters. The first-order chi connectivity index (χ1) is 8.78. The van der Waals surface area contributed by atoms with Gasteiger partial charge in [-0.1, -0.05) is 17.7 Å². The molecule has 0 spiro atoms. The van der Waals surface area contributed by atoms with Gasteiger partial charge < -0.3 is 20.6 Å². The van der Waals surface area contributed by atoms with Crippen molar-refractivity contribution in [2.75, 3.05) is 32.5 Å². The number of nitrogens with one attached hydrogen (secondary N) is 2. The van der Waals surface area contributed by atoms with Gasteiger partial charge in [-0.2, -0.15) is 0 Å². The van der Waals surface area contributed by atoms with Crippen LogP contribution in [0.2, 0.25) is 0 Å². The zero-order chi connectivity index (χ0) is 14.5. The van der Waals surface area contributed by atoms with Crippen LogP contribution in [0.1, 0.15) is 12.5 Å². The average Bonchev–Trinajstić information content (AvgIpc) is 2.28. The van der Waals surface area contributed by atoms with Crippen molar-refractivity contribution >= 4 is 11.7 Å². The Kier molecular flexibility index (Phi) is 5.32. The minimum atomic E-state index is -0.950. The smallest absolute Gasteiger partial charge is 0.319 e. The minimum Gasteiger partial charge on any atom is -0.387 e. The number of hydrogen-bond donors (Lipinski definition) is 3. The molecule has 0 heterocycles. The molecule has 0 aromatic heterocycles. The van der Waals surface area contributed by atoms with Gasteiger partial charge in [0.05, 0.1) is 5.60 Å². The first kappa shape index (κ1) is 15.5. The molecule has 0 saturated heterocycles. The zero-order valence-corrected chi connectivity index (χ0v) is 12.0. The number of aryl methyl sites for hydroxylation is 1. The summed E-state index contributed by atoms with van der Waals surface area (Å²) in [6.07, 6.45) is 0. The molecule has 1 rings (SSSR count). The van der Waals surface area contributed by atoms with Gasteiger partial charge in [-0.25, -0.2) is 4.79 Å². The Hall–Kier alpha value is -1.59. The number of likely N-dealkylation sites (N-methyl/N-ethyl adjacent to an activating group) is 1. The Morgan fingerprint density at radius 1 is 1.32 bits per heavy atom. The molecule has 19 heavy (non-hydrogen) atoms. The van der Waals surface area contributed by atoms with Gasteiger partial charge in [0.1, 0.15) is 0 Å². The van der Waals surface area contributed by atoms with Crippen LogP contribution in [0.25, 0.3) is 0 Å². The molecule has 0 bridgehead atoms. The maximum absolute atomic E-state index is 11.7. The first-order valence-electron chi connectivity index (χ1n) is 6.27. The third-order valence-corrected chi connectivity index (χ3v) is 2.60. The van der Waals surface area contributed by atoms with Gasteiger partial charge in [0.2, 0.25) is 0 Å². The normalized spacial score (nSPS) is 14.0. The number of carbonyl (C=O) groups excluding carboxylic acids is 1. The van der Waals surface area contributed by atoms with Crippen molar-refractivity contribution in [1.82, 2.24) is 10.2 Å². The van der Waals surface area contributed by atoms with Crippen molar-refractivity contribution in [3.8, 4) is 0 Å². The van der Waals surface area contributed by atoms with Crippen LogP contribution in [-0.2, 0) is 0 Å². The number of benzene rings is 1. The lowest BCUT2D eigenvalue weighted by atomic mass is 10.1. The number of urea groups is 1. The van der Waals surface area contributed by atoms with E-state index in [0.717, 1.165) is 11.3 Å². The summed E-state index contributed by atoms with van der Waals surface area (Å²) in [5.74, 6) is 0. The maximum atomic E-state index is 11.7. The fourth-order valence-electron chi connectivity index (χ4n) is 1.82. The summed E-state index contributed by atoms with van der Waals surface area (Å²) >= 11 is 0. The zero-order valence-electron chi connectivity index (χ0n) is 12.0. The molecule has 0 fully saturated rings. The van der Waals surface area contributed by atoms with Crippen LogP contribution >= 0.6 is 0 Å². The van der Waals surface area contributed by atoms with Gasteiger partial charge in [-0.15, -0.1) is 0 Å². The Morgan fingerprint density at radius 2 is 1.89 bits per heavy atom. The number of nitrogens with zero attached hydrogens (tertiary/aromatic N) is 1. The van der Waals surface area contributed by atoms with Crippen LogP contribution in [-0.4, -0.2) is 48.8 Å². The molecule has 2 amide bonds. The summed E-state index contributed by atoms with van der Waals surface area (Å²) in [5.41, 5.74) is 0.920. The standard InChI is InChI=1S/C14H23N3O2/c1-11-5-7-12(8-6-11)16-13(18)15-9-14(2,19)10-17(3)4/h5-8,19H,9-10H2,1-4H3,(H2,15,16,18). The second kappa shape index (κ2) is 6.54. The molecule has 1 aromatic rings. The van der Waals surface area contributed by atoms with Crippen molar-refractivity contribution < 1.29 is 9.90 Å². The number of hydrogen-bond acceptors (Lipinski definition) is 3. The maximum Gasteiger partial charge on any atom is 0.319 e. The topological polar surface area (TPSA) is 64.6 Å². The minimum absolute atomic E-state index is 0.197. The van der Waals surface area contributed by atoms with E-state index in [2.05, 4.69) is 10.6 Å². The Balaban J connectivity index is 2.41. The van der Waals surface area contributed by atoms with E-state index in [0.29, 0.717) is 6.54 Å². The average molecular weight is 265 g/mol. The lowest BCUT2D eigenvalue weighted by molar-refractivity contribution is 0.0364. The highest BCUT2D eigenvalue weighted by molar-refractivity contribution is 5.89. The summed E-state index contributed by atoms with van der Waals surface area (Å²) in [4.78, 5) is 13.6. The van der Waals surface area contributed by atoms with Crippen LogP contribution in [0, 0.1) is 6.92 Å². The Morgan fingerprint density at radius 3 is 2.42 bits per heavy atom. The van der Waals surface area contributed by atoms with Crippen molar-refractivity contribution in [3.05, 3.63) is 29.8 Å². The number of amides is 2. The fourth-order valence-corrected chi connectivity index (χ4v) is 1.82. The highest BCUT2D eigenvalue weighted by Gasteiger charge is 2.21. The lowest BCUT2D eigenvalue weighted by Gasteiger charge is -2.27. The van der Waals surface area contributed by atoms with Gasteiger partial charge in [0.15, 0.2) is 0 Å². The molecule has 1 unspecified atom stereocenters.